The summed E-state index contributed by atoms with van der Waals surface area (Å²) in [7, 11) is 0. The fraction of sp³-hybridized carbons (Fsp3) is 0.596. The molecule has 780 valence electrons. The van der Waals surface area contributed by atoms with Crippen molar-refractivity contribution in [1.29, 1.82) is 0 Å². The third kappa shape index (κ3) is 40.8. The molecule has 0 bridgehead atoms. The maximum absolute atomic E-state index is 14.9. The van der Waals surface area contributed by atoms with E-state index in [1.54, 1.807) is 51.1 Å². The van der Waals surface area contributed by atoms with E-state index in [4.69, 9.17) is 28.7 Å². The first-order valence-corrected chi connectivity index (χ1v) is 46.0. The molecule has 2 aromatic rings. The van der Waals surface area contributed by atoms with Crippen molar-refractivity contribution < 1.29 is 151 Å². The average Bonchev–Trinajstić information content (AvgIpc) is 1.73. The van der Waals surface area contributed by atoms with Crippen LogP contribution in [0, 0.1) is 17.8 Å². The molecule has 0 radical (unpaired) electrons. The number of carboxylic acids is 5. The maximum atomic E-state index is 14.9. The Hall–Kier alpha value is -14.6. The molecule has 4 rings (SSSR count). The number of phenolic OH excluding ortho intramolecular Hbond substituents is 1. The van der Waals surface area contributed by atoms with Crippen molar-refractivity contribution in [3.05, 3.63) is 65.7 Å². The van der Waals surface area contributed by atoms with Gasteiger partial charge in [0, 0.05) is 45.2 Å². The van der Waals surface area contributed by atoms with Gasteiger partial charge in [0.1, 0.15) is 96.4 Å². The molecule has 52 heteroatoms. The second kappa shape index (κ2) is 59.0. The van der Waals surface area contributed by atoms with Crippen molar-refractivity contribution in [2.75, 3.05) is 26.2 Å². The van der Waals surface area contributed by atoms with Crippen LogP contribution < -0.4 is 103 Å². The Balaban J connectivity index is 1.58. The number of aromatic hydroxyl groups is 1. The summed E-state index contributed by atoms with van der Waals surface area (Å²) in [5.41, 5.74) is 28.7. The van der Waals surface area contributed by atoms with Gasteiger partial charge in [-0.25, -0.2) is 4.79 Å². The highest BCUT2D eigenvalue weighted by Gasteiger charge is 2.46. The Morgan fingerprint density at radius 2 is 0.766 bits per heavy atom. The van der Waals surface area contributed by atoms with Gasteiger partial charge >= 0.3 is 29.8 Å². The fourth-order valence-corrected chi connectivity index (χ4v) is 15.2. The quantitative estimate of drug-likeness (QED) is 0.0274. The number of hydrogen-bond donors (Lipinski definition) is 26. The fourth-order valence-electron chi connectivity index (χ4n) is 15.2. The summed E-state index contributed by atoms with van der Waals surface area (Å²) >= 11 is 0. The van der Waals surface area contributed by atoms with Gasteiger partial charge in [0.2, 0.25) is 112 Å². The third-order valence-electron chi connectivity index (χ3n) is 23.3. The number of benzene rings is 2. The number of likely N-dealkylation sites (tertiary alicyclic amines) is 2. The smallest absolute Gasteiger partial charge is 0.326 e. The second-order valence-electron chi connectivity index (χ2n) is 35.1. The molecule has 2 heterocycles. The van der Waals surface area contributed by atoms with Crippen molar-refractivity contribution in [2.45, 2.75) is 292 Å². The number of carbonyl (C=O) groups is 24. The van der Waals surface area contributed by atoms with E-state index < -0.39 is 334 Å². The van der Waals surface area contributed by atoms with Crippen LogP contribution in [-0.2, 0) is 128 Å². The number of rotatable bonds is 63. The van der Waals surface area contributed by atoms with E-state index >= 15 is 0 Å². The summed E-state index contributed by atoms with van der Waals surface area (Å²) in [5, 5.41) is 103. The lowest BCUT2D eigenvalue weighted by atomic mass is 9.96. The minimum atomic E-state index is -2.11. The molecule has 31 N–H and O–H groups in total. The number of aliphatic carboxylic acids is 5. The molecule has 141 heavy (non-hydrogen) atoms. The minimum Gasteiger partial charge on any atom is -0.508 e. The SMILES string of the molecule is CC[C@H](C)[C@H](NC(=O)[C@@H](NC(=O)[C@H](CC(N)=O)NC(=O)CNC(=O)[C@H](CCC(N)=O)NC(=O)[C@H](CCC(=O)O)NC(=O)[C@@H]1CCCN1C(=O)[C@H](CC(=O)O)NC(=O)[C@@H](NC(=O)[C@@H](N)CC(C)C)[C@@H](C)CC)[C@@H](C)O)C(=O)N[C@@H](Cc1ccc(O)cc1)C(=O)N[C@@H](CC(=O)O)C(=O)N1CCC[C@H]1C(=O)N[C@@H](CCCCN)C(=O)N[C@@H](Cc1ccccc1)C(=O)N[C@@H](CCC(N)=O)C(=O)N[C@@H](CC(=O)O)C(=O)O. The number of phenols is 1. The van der Waals surface area contributed by atoms with Gasteiger partial charge < -0.3 is 149 Å². The van der Waals surface area contributed by atoms with Gasteiger partial charge in [0.05, 0.1) is 44.4 Å². The minimum absolute atomic E-state index is 0.0138. The number of nitrogens with one attached hydrogen (secondary N) is 14. The summed E-state index contributed by atoms with van der Waals surface area (Å²) in [6.07, 6.45) is -10.2. The zero-order valence-electron chi connectivity index (χ0n) is 79.3. The molecule has 2 aliphatic heterocycles. The highest BCUT2D eigenvalue weighted by atomic mass is 16.4. The van der Waals surface area contributed by atoms with Gasteiger partial charge in [0.15, 0.2) is 0 Å². The van der Waals surface area contributed by atoms with E-state index in [1.165, 1.54) is 31.2 Å². The lowest BCUT2D eigenvalue weighted by Gasteiger charge is -2.31. The normalized spacial score (nSPS) is 16.9. The predicted molar refractivity (Wildman–Crippen MR) is 492 cm³/mol. The summed E-state index contributed by atoms with van der Waals surface area (Å²) in [5.74, 6) is -31.5. The van der Waals surface area contributed by atoms with Crippen molar-refractivity contribution in [3.63, 3.8) is 0 Å². The number of primary amides is 3. The van der Waals surface area contributed by atoms with E-state index in [0.717, 1.165) is 16.7 Å². The zero-order chi connectivity index (χ0) is 106. The number of aliphatic hydroxyl groups is 1. The van der Waals surface area contributed by atoms with Crippen LogP contribution in [-0.4, -0.2) is 317 Å². The molecule has 2 aliphatic rings. The van der Waals surface area contributed by atoms with Gasteiger partial charge in [-0.3, -0.25) is 110 Å². The number of aliphatic hydroxyl groups excluding tert-OH is 1. The van der Waals surface area contributed by atoms with E-state index in [2.05, 4.69) is 69.1 Å². The first kappa shape index (κ1) is 119. The van der Waals surface area contributed by atoms with Crippen LogP contribution in [0.3, 0.4) is 0 Å². The Labute approximate surface area is 810 Å². The van der Waals surface area contributed by atoms with E-state index in [9.17, 15) is 151 Å². The highest BCUT2D eigenvalue weighted by Crippen LogP contribution is 2.25. The first-order chi connectivity index (χ1) is 66.3. The zero-order valence-corrected chi connectivity index (χ0v) is 79.3. The molecule has 2 fully saturated rings. The summed E-state index contributed by atoms with van der Waals surface area (Å²) in [4.78, 5) is 327. The highest BCUT2D eigenvalue weighted by molar-refractivity contribution is 6.03. The Bertz CT molecular complexity index is 4780. The predicted octanol–water partition coefficient (Wildman–Crippen LogP) is -7.67. The molecule has 2 aromatic carbocycles. The van der Waals surface area contributed by atoms with Crippen LogP contribution in [0.5, 0.6) is 5.75 Å². The lowest BCUT2D eigenvalue weighted by Crippen LogP contribution is -2.63. The van der Waals surface area contributed by atoms with Crippen LogP contribution in [0.25, 0.3) is 0 Å². The first-order valence-electron chi connectivity index (χ1n) is 46.0. The summed E-state index contributed by atoms with van der Waals surface area (Å²) in [6, 6.07) is -14.6. The molecule has 0 saturated carbocycles. The number of amides is 19. The van der Waals surface area contributed by atoms with Gasteiger partial charge in [-0.05, 0) is 125 Å². The summed E-state index contributed by atoms with van der Waals surface area (Å²) in [6.45, 7) is 9.47. The monoisotopic (exact) mass is 1990 g/mol. The van der Waals surface area contributed by atoms with Crippen LogP contribution >= 0.6 is 0 Å². The van der Waals surface area contributed by atoms with Crippen molar-refractivity contribution >= 4 is 142 Å². The van der Waals surface area contributed by atoms with Crippen LogP contribution in [0.15, 0.2) is 54.6 Å². The topological polar surface area (TPSA) is 856 Å². The number of unbranched alkanes of at least 4 members (excludes halogenated alkanes) is 1. The van der Waals surface area contributed by atoms with E-state index in [-0.39, 0.29) is 101 Å². The van der Waals surface area contributed by atoms with Crippen LogP contribution in [0.1, 0.15) is 188 Å². The number of carbonyl (C=O) groups excluding carboxylic acids is 19. The summed E-state index contributed by atoms with van der Waals surface area (Å²) < 4.78 is 0. The molecule has 0 unspecified atom stereocenters. The van der Waals surface area contributed by atoms with Crippen molar-refractivity contribution in [3.8, 4) is 5.75 Å². The Kier molecular flexibility index (Phi) is 49.6. The van der Waals surface area contributed by atoms with E-state index in [1.807, 2.05) is 19.2 Å². The standard InChI is InChI=1S/C89H133N21O31/c1-8-44(5)71(106-74(125)50(91)35-43(3)4)85(136)104-59(40-69(121)122)88(139)110-34-16-21-62(110)83(134)100-54(28-31-67(117)118)77(128)97-52(26-29-63(92)113)75(126)95-42-66(116)96-57(38-65(94)115)81(132)108-73(46(7)111)86(137)107-72(45(6)9-2)84(135)102-56(37-48-22-24-49(112)25-23-48)80(131)103-58(39-68(119)120)87(138)109-33-15-20-61(109)82(133)99-51(19-13-14-32-90)76(127)101-55(36-47-17-11-10-12-18-47)79(130)98-53(27-30-64(93)114)78(129)105-60(89(140)141)41-70(123)124/h10-12,17-18,22-25,43-46,50-62,71-73,111-112H,8-9,13-16,19-21,26-42,90-91H2,1-7H3,(H2,92,113)(H2,93,114)(H2,94,115)(H,95,126)(H,96,116)(H,97,128)(H,98,130)(H,99,133)(H,100,134)(H,101,127)(H,102,135)(H,103,131)(H,104,136)(H,105,129)(H,106,125)(H,107,137)(H,108,132)(H,117,118)(H,119,120)(H,121,122)(H,123,124)(H,140,141)/t44-,45-,46+,50-,51-,52-,53-,54-,55-,56-,57-,58-,59-,60-,61-,62-,71-,72-,73-/m0/s1. The third-order valence-corrected chi connectivity index (χ3v) is 23.3. The van der Waals surface area contributed by atoms with Gasteiger partial charge in [-0.15, -0.1) is 0 Å². The maximum Gasteiger partial charge on any atom is 0.326 e. The molecule has 52 nitrogen and oxygen atoms in total. The number of nitrogens with two attached hydrogens (primary N) is 5. The van der Waals surface area contributed by atoms with E-state index in [0.29, 0.717) is 12.0 Å². The molecule has 19 amide bonds. The molecule has 0 aliphatic carbocycles. The average molecular weight is 1990 g/mol. The van der Waals surface area contributed by atoms with Crippen molar-refractivity contribution in [1.82, 2.24) is 84.2 Å². The van der Waals surface area contributed by atoms with Gasteiger partial charge in [-0.1, -0.05) is 96.8 Å². The number of nitrogens with zero attached hydrogens (tertiary/aromatic N) is 2. The van der Waals surface area contributed by atoms with Crippen LogP contribution in [0.4, 0.5) is 0 Å². The largest absolute Gasteiger partial charge is 0.508 e. The number of carboxylic acid groups (broad SMARTS) is 5. The second-order valence-corrected chi connectivity index (χ2v) is 35.1. The molecule has 0 aromatic heterocycles. The lowest BCUT2D eigenvalue weighted by molar-refractivity contribution is -0.147. The molecule has 2 saturated heterocycles. The van der Waals surface area contributed by atoms with Gasteiger partial charge in [0.25, 0.3) is 0 Å². The Morgan fingerprint density at radius 1 is 0.390 bits per heavy atom. The molecule has 0 spiro atoms. The van der Waals surface area contributed by atoms with Gasteiger partial charge in [-0.2, -0.15) is 0 Å². The molecular weight excluding hydrogens is 1860 g/mol. The Morgan fingerprint density at radius 3 is 1.19 bits per heavy atom. The van der Waals surface area contributed by atoms with Crippen molar-refractivity contribution in [2.24, 2.45) is 46.4 Å². The van der Waals surface area contributed by atoms with Crippen LogP contribution in [0.2, 0.25) is 0 Å². The molecular formula is C89H133N21O31. The molecule has 19 atom stereocenters. The number of hydrogen-bond acceptors (Lipinski definition) is 28.